The Morgan fingerprint density at radius 3 is 2.46 bits per heavy atom. The molecule has 0 aliphatic rings. The van der Waals surface area contributed by atoms with Crippen LogP contribution in [0.25, 0.3) is 0 Å². The number of carbonyl (C=O) groups is 2. The van der Waals surface area contributed by atoms with E-state index in [-0.39, 0.29) is 18.8 Å². The molecule has 0 N–H and O–H groups in total. The molecule has 2 aromatic rings. The maximum atomic E-state index is 11.9. The topological polar surface area (TPSA) is 69.2 Å². The molecule has 5 nitrogen and oxygen atoms in total. The number of aromatic nitrogens is 2. The molecule has 24 heavy (non-hydrogen) atoms. The summed E-state index contributed by atoms with van der Waals surface area (Å²) in [5.74, 6) is -0.668. The second-order valence-corrected chi connectivity index (χ2v) is 7.54. The lowest BCUT2D eigenvalue weighted by atomic mass is 10.1. The van der Waals surface area contributed by atoms with Gasteiger partial charge in [-0.15, -0.1) is 11.3 Å². The van der Waals surface area contributed by atoms with E-state index < -0.39 is 5.97 Å². The minimum atomic E-state index is -0.418. The van der Waals surface area contributed by atoms with Crippen molar-refractivity contribution in [3.8, 4) is 0 Å². The predicted octanol–water partition coefficient (Wildman–Crippen LogP) is 3.89. The van der Waals surface area contributed by atoms with Gasteiger partial charge >= 0.3 is 5.97 Å². The molecule has 0 bridgehead atoms. The van der Waals surface area contributed by atoms with Gasteiger partial charge in [-0.1, -0.05) is 23.4 Å². The van der Waals surface area contributed by atoms with Crippen LogP contribution in [0.3, 0.4) is 0 Å². The second kappa shape index (κ2) is 8.60. The summed E-state index contributed by atoms with van der Waals surface area (Å²) in [4.78, 5) is 33.0. The Balaban J connectivity index is 1.86. The van der Waals surface area contributed by atoms with Gasteiger partial charge in [-0.2, -0.15) is 0 Å². The maximum absolute atomic E-state index is 11.9. The van der Waals surface area contributed by atoms with Crippen LogP contribution in [-0.2, 0) is 16.0 Å². The number of thioether (sulfide) groups is 1. The van der Waals surface area contributed by atoms with E-state index in [1.165, 1.54) is 23.1 Å². The molecule has 0 amide bonds. The number of rotatable bonds is 7. The minimum Gasteiger partial charge on any atom is -0.457 e. The van der Waals surface area contributed by atoms with E-state index in [4.69, 9.17) is 16.3 Å². The van der Waals surface area contributed by atoms with Gasteiger partial charge in [0.2, 0.25) is 5.78 Å². The van der Waals surface area contributed by atoms with Crippen molar-refractivity contribution in [2.24, 2.45) is 0 Å². The average molecular weight is 385 g/mol. The minimum absolute atomic E-state index is 0.183. The van der Waals surface area contributed by atoms with Gasteiger partial charge < -0.3 is 4.74 Å². The number of esters is 1. The Kier molecular flexibility index (Phi) is 6.77. The SMILES string of the molecule is CSc1nc(C)c(CCC(=O)OCC(=O)c2ccc(Cl)s2)c(C)n1. The van der Waals surface area contributed by atoms with E-state index in [0.29, 0.717) is 15.6 Å². The molecular formula is C16H17ClN2O3S2. The van der Waals surface area contributed by atoms with Crippen LogP contribution >= 0.6 is 34.7 Å². The maximum Gasteiger partial charge on any atom is 0.306 e. The lowest BCUT2D eigenvalue weighted by Crippen LogP contribution is -2.14. The van der Waals surface area contributed by atoms with E-state index in [2.05, 4.69) is 9.97 Å². The summed E-state index contributed by atoms with van der Waals surface area (Å²) in [7, 11) is 0. The number of nitrogens with zero attached hydrogens (tertiary/aromatic N) is 2. The van der Waals surface area contributed by atoms with Crippen LogP contribution in [0.5, 0.6) is 0 Å². The number of hydrogen-bond acceptors (Lipinski definition) is 7. The third-order valence-electron chi connectivity index (χ3n) is 3.37. The van der Waals surface area contributed by atoms with Crippen LogP contribution < -0.4 is 0 Å². The molecule has 128 valence electrons. The monoisotopic (exact) mass is 384 g/mol. The average Bonchev–Trinajstić information content (AvgIpc) is 2.98. The molecule has 0 radical (unpaired) electrons. The molecule has 0 aliphatic heterocycles. The number of thiophene rings is 1. The summed E-state index contributed by atoms with van der Waals surface area (Å²) < 4.78 is 5.58. The van der Waals surface area contributed by atoms with Gasteiger partial charge in [-0.3, -0.25) is 9.59 Å². The van der Waals surface area contributed by atoms with E-state index in [9.17, 15) is 9.59 Å². The molecule has 2 aromatic heterocycles. The molecule has 0 spiro atoms. The largest absolute Gasteiger partial charge is 0.457 e. The summed E-state index contributed by atoms with van der Waals surface area (Å²) in [6.07, 6.45) is 2.59. The van der Waals surface area contributed by atoms with Gasteiger partial charge in [0.15, 0.2) is 11.8 Å². The van der Waals surface area contributed by atoms with Crippen molar-refractivity contribution >= 4 is 46.5 Å². The molecule has 0 unspecified atom stereocenters. The van der Waals surface area contributed by atoms with Gasteiger partial charge in [0.1, 0.15) is 0 Å². The Hall–Kier alpha value is -1.44. The molecule has 0 saturated heterocycles. The first kappa shape index (κ1) is 18.9. The molecular weight excluding hydrogens is 368 g/mol. The number of aryl methyl sites for hydroxylation is 2. The van der Waals surface area contributed by atoms with Crippen LogP contribution in [0.15, 0.2) is 17.3 Å². The molecule has 0 fully saturated rings. The Bertz CT molecular complexity index is 739. The fourth-order valence-corrected chi connectivity index (χ4v) is 3.57. The summed E-state index contributed by atoms with van der Waals surface area (Å²) in [5.41, 5.74) is 2.68. The van der Waals surface area contributed by atoms with Crippen LogP contribution in [0.1, 0.15) is 33.0 Å². The van der Waals surface area contributed by atoms with E-state index in [0.717, 1.165) is 22.1 Å². The van der Waals surface area contributed by atoms with Gasteiger partial charge in [-0.25, -0.2) is 9.97 Å². The van der Waals surface area contributed by atoms with E-state index >= 15 is 0 Å². The Morgan fingerprint density at radius 1 is 1.25 bits per heavy atom. The fraction of sp³-hybridized carbons (Fsp3) is 0.375. The quantitative estimate of drug-likeness (QED) is 0.312. The first-order valence-corrected chi connectivity index (χ1v) is 9.65. The van der Waals surface area contributed by atoms with Crippen molar-refractivity contribution in [2.45, 2.75) is 31.8 Å². The van der Waals surface area contributed by atoms with Crippen LogP contribution in [0.2, 0.25) is 4.34 Å². The first-order chi connectivity index (χ1) is 11.4. The predicted molar refractivity (Wildman–Crippen MR) is 96.2 cm³/mol. The number of halogens is 1. The third kappa shape index (κ3) is 5.03. The number of hydrogen-bond donors (Lipinski definition) is 0. The molecule has 2 heterocycles. The normalized spacial score (nSPS) is 10.7. The second-order valence-electron chi connectivity index (χ2n) is 5.05. The molecule has 8 heteroatoms. The van der Waals surface area contributed by atoms with Crippen LogP contribution in [-0.4, -0.2) is 34.6 Å². The number of ketones is 1. The zero-order chi connectivity index (χ0) is 17.7. The molecule has 0 aromatic carbocycles. The number of ether oxygens (including phenoxy) is 1. The van der Waals surface area contributed by atoms with E-state index in [1.807, 2.05) is 20.1 Å². The summed E-state index contributed by atoms with van der Waals surface area (Å²) in [6.45, 7) is 3.54. The van der Waals surface area contributed by atoms with E-state index in [1.54, 1.807) is 12.1 Å². The van der Waals surface area contributed by atoms with Crippen LogP contribution in [0.4, 0.5) is 0 Å². The van der Waals surface area contributed by atoms with Crippen molar-refractivity contribution in [1.29, 1.82) is 0 Å². The van der Waals surface area contributed by atoms with Crippen LogP contribution in [0, 0.1) is 13.8 Å². The van der Waals surface area contributed by atoms with Crippen molar-refractivity contribution in [1.82, 2.24) is 9.97 Å². The number of carbonyl (C=O) groups excluding carboxylic acids is 2. The summed E-state index contributed by atoms with van der Waals surface area (Å²) in [6, 6.07) is 3.27. The van der Waals surface area contributed by atoms with Crippen molar-refractivity contribution in [3.63, 3.8) is 0 Å². The zero-order valence-corrected chi connectivity index (χ0v) is 16.0. The molecule has 0 saturated carbocycles. The smallest absolute Gasteiger partial charge is 0.306 e. The molecule has 0 atom stereocenters. The lowest BCUT2D eigenvalue weighted by Gasteiger charge is -2.09. The summed E-state index contributed by atoms with van der Waals surface area (Å²) >= 11 is 8.43. The highest BCUT2D eigenvalue weighted by Crippen LogP contribution is 2.22. The van der Waals surface area contributed by atoms with Crippen molar-refractivity contribution in [2.75, 3.05) is 12.9 Å². The van der Waals surface area contributed by atoms with Gasteiger partial charge in [0, 0.05) is 17.8 Å². The Labute approximate surface area is 153 Å². The van der Waals surface area contributed by atoms with Crippen molar-refractivity contribution in [3.05, 3.63) is 38.3 Å². The highest BCUT2D eigenvalue weighted by atomic mass is 35.5. The standard InChI is InChI=1S/C16H17ClN2O3S2/c1-9-11(10(2)19-16(18-9)23-3)4-7-15(21)22-8-12(20)13-5-6-14(17)24-13/h5-6H,4,7-8H2,1-3H3. The number of Topliss-reactive ketones (excluding diaryl/α,β-unsaturated/α-hetero) is 1. The highest BCUT2D eigenvalue weighted by Gasteiger charge is 2.14. The highest BCUT2D eigenvalue weighted by molar-refractivity contribution is 7.98. The molecule has 0 aliphatic carbocycles. The first-order valence-electron chi connectivity index (χ1n) is 7.23. The van der Waals surface area contributed by atoms with Gasteiger partial charge in [0.25, 0.3) is 0 Å². The fourth-order valence-electron chi connectivity index (χ4n) is 2.14. The third-order valence-corrected chi connectivity index (χ3v) is 5.19. The Morgan fingerprint density at radius 2 is 1.92 bits per heavy atom. The van der Waals surface area contributed by atoms with Gasteiger partial charge in [-0.05, 0) is 44.2 Å². The van der Waals surface area contributed by atoms with Gasteiger partial charge in [0.05, 0.1) is 9.21 Å². The lowest BCUT2D eigenvalue weighted by molar-refractivity contribution is -0.142. The summed E-state index contributed by atoms with van der Waals surface area (Å²) in [5, 5.41) is 0.719. The zero-order valence-electron chi connectivity index (χ0n) is 13.6. The molecule has 2 rings (SSSR count). The van der Waals surface area contributed by atoms with Crippen molar-refractivity contribution < 1.29 is 14.3 Å².